The Kier molecular flexibility index (Phi) is 4.37. The second-order valence-corrected chi connectivity index (χ2v) is 7.10. The van der Waals surface area contributed by atoms with Gasteiger partial charge in [0.2, 0.25) is 0 Å². The van der Waals surface area contributed by atoms with Crippen molar-refractivity contribution < 1.29 is 14.8 Å². The van der Waals surface area contributed by atoms with E-state index in [0.717, 1.165) is 68.0 Å². The van der Waals surface area contributed by atoms with Crippen LogP contribution in [0.4, 0.5) is 0 Å². The van der Waals surface area contributed by atoms with Crippen molar-refractivity contribution >= 4 is 23.5 Å². The van der Waals surface area contributed by atoms with Gasteiger partial charge in [-0.25, -0.2) is 4.68 Å². The molecule has 2 N–H and O–H groups in total. The summed E-state index contributed by atoms with van der Waals surface area (Å²) in [5, 5.41) is 25.6. The number of nitrogens with zero attached hydrogens (tertiary/aromatic N) is 2. The number of benzene rings is 1. The first kappa shape index (κ1) is 16.1. The van der Waals surface area contributed by atoms with E-state index in [4.69, 9.17) is 4.74 Å². The highest BCUT2D eigenvalue weighted by Crippen LogP contribution is 2.38. The first-order chi connectivity index (χ1) is 11.7. The van der Waals surface area contributed by atoms with Crippen LogP contribution >= 0.6 is 0 Å². The topological polar surface area (TPSA) is 67.5 Å². The molecule has 0 radical (unpaired) electrons. The Labute approximate surface area is 142 Å². The summed E-state index contributed by atoms with van der Waals surface area (Å²) < 4.78 is 7.82. The molecule has 1 aromatic heterocycles. The number of ether oxygens (including phenoxy) is 1. The van der Waals surface area contributed by atoms with Crippen LogP contribution in [0.25, 0.3) is 10.9 Å². The molecule has 0 bridgehead atoms. The molecule has 0 saturated carbocycles. The Hall–Kier alpha value is -1.37. The highest BCUT2D eigenvalue weighted by molar-refractivity contribution is 6.62. The van der Waals surface area contributed by atoms with Crippen LogP contribution in [0.2, 0.25) is 0 Å². The van der Waals surface area contributed by atoms with E-state index in [1.165, 1.54) is 5.56 Å². The SMILES string of the molecule is CCCC1CCc2cc3c(cnn3C3CCCCO3)c(B(O)O)c21. The molecule has 2 heterocycles. The maximum absolute atomic E-state index is 10.1. The third-order valence-corrected chi connectivity index (χ3v) is 5.57. The fourth-order valence-corrected chi connectivity index (χ4v) is 4.51. The number of rotatable bonds is 4. The van der Waals surface area contributed by atoms with Crippen LogP contribution in [0.1, 0.15) is 68.7 Å². The summed E-state index contributed by atoms with van der Waals surface area (Å²) in [6.07, 6.45) is 9.26. The van der Waals surface area contributed by atoms with E-state index >= 15 is 0 Å². The molecule has 0 spiro atoms. The summed E-state index contributed by atoms with van der Waals surface area (Å²) in [6, 6.07) is 2.21. The molecular weight excluding hydrogens is 303 g/mol. The molecule has 1 fully saturated rings. The lowest BCUT2D eigenvalue weighted by Gasteiger charge is -2.24. The van der Waals surface area contributed by atoms with Gasteiger partial charge in [-0.05, 0) is 67.1 Å². The third-order valence-electron chi connectivity index (χ3n) is 5.57. The Morgan fingerprint density at radius 3 is 2.92 bits per heavy atom. The Bertz CT molecular complexity index is 737. The molecule has 2 aliphatic rings. The molecule has 2 unspecified atom stereocenters. The Balaban J connectivity index is 1.86. The second kappa shape index (κ2) is 6.50. The van der Waals surface area contributed by atoms with Crippen LogP contribution in [-0.2, 0) is 11.2 Å². The van der Waals surface area contributed by atoms with Gasteiger partial charge in [0.1, 0.15) is 0 Å². The average Bonchev–Trinajstić information content (AvgIpc) is 3.18. The zero-order chi connectivity index (χ0) is 16.7. The van der Waals surface area contributed by atoms with Gasteiger partial charge in [0.05, 0.1) is 11.7 Å². The van der Waals surface area contributed by atoms with E-state index in [-0.39, 0.29) is 6.23 Å². The lowest BCUT2D eigenvalue weighted by atomic mass is 9.71. The van der Waals surface area contributed by atoms with Gasteiger partial charge < -0.3 is 14.8 Å². The van der Waals surface area contributed by atoms with Crippen molar-refractivity contribution in [2.45, 2.75) is 64.0 Å². The lowest BCUT2D eigenvalue weighted by molar-refractivity contribution is -0.0366. The third kappa shape index (κ3) is 2.57. The van der Waals surface area contributed by atoms with Crippen LogP contribution in [-0.4, -0.2) is 33.6 Å². The zero-order valence-electron chi connectivity index (χ0n) is 14.2. The Morgan fingerprint density at radius 2 is 2.21 bits per heavy atom. The summed E-state index contributed by atoms with van der Waals surface area (Å²) in [5.74, 6) is 0.431. The summed E-state index contributed by atoms with van der Waals surface area (Å²) >= 11 is 0. The number of hydrogen-bond acceptors (Lipinski definition) is 4. The molecule has 4 rings (SSSR count). The van der Waals surface area contributed by atoms with Gasteiger partial charge >= 0.3 is 7.12 Å². The lowest BCUT2D eigenvalue weighted by Crippen LogP contribution is -2.34. The zero-order valence-corrected chi connectivity index (χ0v) is 14.2. The van der Waals surface area contributed by atoms with Crippen LogP contribution in [0.3, 0.4) is 0 Å². The summed E-state index contributed by atoms with van der Waals surface area (Å²) in [7, 11) is -1.45. The predicted molar refractivity (Wildman–Crippen MR) is 94.4 cm³/mol. The highest BCUT2D eigenvalue weighted by atomic mass is 16.5. The van der Waals surface area contributed by atoms with Gasteiger partial charge in [-0.1, -0.05) is 13.3 Å². The minimum Gasteiger partial charge on any atom is -0.423 e. The number of hydrogen-bond donors (Lipinski definition) is 2. The number of aromatic nitrogens is 2. The molecule has 1 aliphatic heterocycles. The van der Waals surface area contributed by atoms with E-state index < -0.39 is 7.12 Å². The molecule has 2 aromatic rings. The molecule has 6 heteroatoms. The maximum atomic E-state index is 10.1. The fourth-order valence-electron chi connectivity index (χ4n) is 4.51. The molecule has 2 atom stereocenters. The van der Waals surface area contributed by atoms with Crippen LogP contribution in [0, 0.1) is 0 Å². The Morgan fingerprint density at radius 1 is 1.33 bits per heavy atom. The smallest absolute Gasteiger partial charge is 0.423 e. The summed E-state index contributed by atoms with van der Waals surface area (Å²) in [6.45, 7) is 2.95. The van der Waals surface area contributed by atoms with Crippen molar-refractivity contribution in [3.63, 3.8) is 0 Å². The van der Waals surface area contributed by atoms with Crippen molar-refractivity contribution in [3.8, 4) is 0 Å². The number of aryl methyl sites for hydroxylation is 1. The fraction of sp³-hybridized carbons (Fsp3) is 0.611. The van der Waals surface area contributed by atoms with Crippen molar-refractivity contribution in [2.24, 2.45) is 0 Å². The van der Waals surface area contributed by atoms with Crippen LogP contribution in [0.15, 0.2) is 12.3 Å². The van der Waals surface area contributed by atoms with Gasteiger partial charge in [0, 0.05) is 12.0 Å². The largest absolute Gasteiger partial charge is 0.489 e. The predicted octanol–water partition coefficient (Wildman–Crippen LogP) is 2.25. The van der Waals surface area contributed by atoms with E-state index in [0.29, 0.717) is 11.4 Å². The molecule has 1 aliphatic carbocycles. The highest BCUT2D eigenvalue weighted by Gasteiger charge is 2.32. The first-order valence-corrected chi connectivity index (χ1v) is 9.21. The van der Waals surface area contributed by atoms with E-state index in [1.807, 2.05) is 4.68 Å². The molecule has 1 saturated heterocycles. The standard InChI is InChI=1S/C18H25BN2O3/c1-2-5-12-7-8-13-10-15-14(18(17(12)13)19(22)23)11-20-21(15)16-6-3-4-9-24-16/h10-12,16,22-23H,2-9H2,1H3. The van der Waals surface area contributed by atoms with Crippen molar-refractivity contribution in [3.05, 3.63) is 23.4 Å². The second-order valence-electron chi connectivity index (χ2n) is 7.10. The van der Waals surface area contributed by atoms with E-state index in [9.17, 15) is 10.0 Å². The van der Waals surface area contributed by atoms with Crippen molar-refractivity contribution in [2.75, 3.05) is 6.61 Å². The molecule has 5 nitrogen and oxygen atoms in total. The monoisotopic (exact) mass is 328 g/mol. The summed E-state index contributed by atoms with van der Waals surface area (Å²) in [4.78, 5) is 0. The van der Waals surface area contributed by atoms with Gasteiger partial charge in [-0.2, -0.15) is 5.10 Å². The maximum Gasteiger partial charge on any atom is 0.489 e. The van der Waals surface area contributed by atoms with E-state index in [1.54, 1.807) is 6.20 Å². The molecular formula is C18H25BN2O3. The van der Waals surface area contributed by atoms with Crippen molar-refractivity contribution in [1.29, 1.82) is 0 Å². The molecule has 24 heavy (non-hydrogen) atoms. The minimum atomic E-state index is -1.45. The number of fused-ring (bicyclic) bond motifs is 2. The van der Waals surface area contributed by atoms with Gasteiger partial charge in [-0.15, -0.1) is 0 Å². The van der Waals surface area contributed by atoms with Crippen molar-refractivity contribution in [1.82, 2.24) is 9.78 Å². The molecule has 0 amide bonds. The van der Waals surface area contributed by atoms with Crippen LogP contribution in [0.5, 0.6) is 0 Å². The molecule has 128 valence electrons. The van der Waals surface area contributed by atoms with Gasteiger partial charge in [0.25, 0.3) is 0 Å². The van der Waals surface area contributed by atoms with Gasteiger partial charge in [0.15, 0.2) is 6.23 Å². The summed E-state index contributed by atoms with van der Waals surface area (Å²) in [5.41, 5.74) is 4.05. The first-order valence-electron chi connectivity index (χ1n) is 9.21. The normalized spacial score (nSPS) is 23.6. The minimum absolute atomic E-state index is 0.0363. The van der Waals surface area contributed by atoms with Gasteiger partial charge in [-0.3, -0.25) is 0 Å². The quantitative estimate of drug-likeness (QED) is 0.845. The van der Waals surface area contributed by atoms with Crippen LogP contribution < -0.4 is 5.46 Å². The van der Waals surface area contributed by atoms with E-state index in [2.05, 4.69) is 18.1 Å². The average molecular weight is 328 g/mol. The molecule has 1 aromatic carbocycles.